The minimum Gasteiger partial charge on any atom is -0.461 e. The highest BCUT2D eigenvalue weighted by Gasteiger charge is 2.26. The van der Waals surface area contributed by atoms with Gasteiger partial charge in [0.25, 0.3) is 0 Å². The third-order valence-electron chi connectivity index (χ3n) is 4.34. The third kappa shape index (κ3) is 3.49. The van der Waals surface area contributed by atoms with E-state index in [0.29, 0.717) is 11.6 Å². The number of likely N-dealkylation sites (N-methyl/N-ethyl adjacent to an activating group) is 1. The molecule has 130 valence electrons. The number of hydrogen-bond donors (Lipinski definition) is 0. The van der Waals surface area contributed by atoms with E-state index in [9.17, 15) is 4.79 Å². The van der Waals surface area contributed by atoms with Crippen LogP contribution in [0.3, 0.4) is 0 Å². The molecule has 2 aromatic heterocycles. The van der Waals surface area contributed by atoms with Gasteiger partial charge in [0.1, 0.15) is 0 Å². The Hall–Kier alpha value is -1.80. The van der Waals surface area contributed by atoms with Crippen LogP contribution in [0.4, 0.5) is 0 Å². The molecule has 7 nitrogen and oxygen atoms in total. The average molecular weight is 349 g/mol. The van der Waals surface area contributed by atoms with E-state index in [1.54, 1.807) is 6.26 Å². The van der Waals surface area contributed by atoms with Crippen molar-refractivity contribution in [3.05, 3.63) is 18.4 Å². The van der Waals surface area contributed by atoms with Gasteiger partial charge in [0.15, 0.2) is 16.7 Å². The molecule has 0 saturated carbocycles. The van der Waals surface area contributed by atoms with Crippen LogP contribution in [-0.2, 0) is 11.8 Å². The van der Waals surface area contributed by atoms with Crippen LogP contribution >= 0.6 is 11.8 Å². The lowest BCUT2D eigenvalue weighted by molar-refractivity contribution is -0.132. The molecular weight excluding hydrogens is 326 g/mol. The molecule has 24 heavy (non-hydrogen) atoms. The van der Waals surface area contributed by atoms with Crippen molar-refractivity contribution < 1.29 is 9.21 Å². The Labute approximate surface area is 146 Å². The third-order valence-corrected chi connectivity index (χ3v) is 5.46. The van der Waals surface area contributed by atoms with E-state index >= 15 is 0 Å². The van der Waals surface area contributed by atoms with Crippen molar-refractivity contribution in [3.8, 4) is 11.6 Å². The number of hydrogen-bond acceptors (Lipinski definition) is 6. The van der Waals surface area contributed by atoms with Gasteiger partial charge in [-0.15, -0.1) is 10.2 Å². The zero-order chi connectivity index (χ0) is 17.1. The van der Waals surface area contributed by atoms with Crippen molar-refractivity contribution in [2.75, 3.05) is 32.7 Å². The number of amides is 1. The predicted molar refractivity (Wildman–Crippen MR) is 92.7 cm³/mol. The van der Waals surface area contributed by atoms with Crippen molar-refractivity contribution in [2.24, 2.45) is 7.05 Å². The first-order valence-corrected chi connectivity index (χ1v) is 9.09. The summed E-state index contributed by atoms with van der Waals surface area (Å²) in [6, 6.07) is 3.67. The quantitative estimate of drug-likeness (QED) is 0.766. The SMILES string of the molecule is CCN1CCN(C(=O)C(C)Sc2nnc(-c3ccco3)n2C)CC1. The molecule has 1 aliphatic heterocycles. The summed E-state index contributed by atoms with van der Waals surface area (Å²) < 4.78 is 7.23. The lowest BCUT2D eigenvalue weighted by atomic mass is 10.3. The van der Waals surface area contributed by atoms with E-state index in [2.05, 4.69) is 22.0 Å². The van der Waals surface area contributed by atoms with Gasteiger partial charge in [0.05, 0.1) is 11.5 Å². The van der Waals surface area contributed by atoms with E-state index in [0.717, 1.165) is 37.9 Å². The van der Waals surface area contributed by atoms with E-state index in [-0.39, 0.29) is 11.2 Å². The summed E-state index contributed by atoms with van der Waals surface area (Å²) in [5, 5.41) is 8.90. The first-order chi connectivity index (χ1) is 11.6. The summed E-state index contributed by atoms with van der Waals surface area (Å²) in [4.78, 5) is 17.0. The molecule has 1 fully saturated rings. The van der Waals surface area contributed by atoms with Crippen molar-refractivity contribution in [3.63, 3.8) is 0 Å². The molecule has 0 N–H and O–H groups in total. The van der Waals surface area contributed by atoms with Gasteiger partial charge in [-0.2, -0.15) is 0 Å². The van der Waals surface area contributed by atoms with Gasteiger partial charge in [-0.1, -0.05) is 18.7 Å². The Kier molecular flexibility index (Phi) is 5.25. The van der Waals surface area contributed by atoms with Gasteiger partial charge in [-0.3, -0.25) is 4.79 Å². The molecular formula is C16H23N5O2S. The Morgan fingerprint density at radius 1 is 1.33 bits per heavy atom. The van der Waals surface area contributed by atoms with Crippen LogP contribution in [0.1, 0.15) is 13.8 Å². The summed E-state index contributed by atoms with van der Waals surface area (Å²) in [5.41, 5.74) is 0. The van der Waals surface area contributed by atoms with Gasteiger partial charge in [0.2, 0.25) is 5.91 Å². The zero-order valence-electron chi connectivity index (χ0n) is 14.3. The van der Waals surface area contributed by atoms with Crippen LogP contribution in [0.2, 0.25) is 0 Å². The molecule has 0 bridgehead atoms. The molecule has 3 heterocycles. The predicted octanol–water partition coefficient (Wildman–Crippen LogP) is 1.72. The first-order valence-electron chi connectivity index (χ1n) is 8.21. The van der Waals surface area contributed by atoms with Crippen LogP contribution in [0.25, 0.3) is 11.6 Å². The minimum atomic E-state index is -0.189. The second-order valence-electron chi connectivity index (χ2n) is 5.86. The summed E-state index contributed by atoms with van der Waals surface area (Å²) in [7, 11) is 1.89. The molecule has 1 aliphatic rings. The van der Waals surface area contributed by atoms with Gasteiger partial charge >= 0.3 is 0 Å². The van der Waals surface area contributed by atoms with Crippen LogP contribution in [0.15, 0.2) is 28.0 Å². The second kappa shape index (κ2) is 7.40. The van der Waals surface area contributed by atoms with Gasteiger partial charge in [-0.25, -0.2) is 0 Å². The van der Waals surface area contributed by atoms with Crippen LogP contribution in [0.5, 0.6) is 0 Å². The Balaban J connectivity index is 1.63. The number of rotatable bonds is 5. The Morgan fingerprint density at radius 3 is 2.71 bits per heavy atom. The summed E-state index contributed by atoms with van der Waals surface area (Å²) >= 11 is 1.44. The fraction of sp³-hybridized carbons (Fsp3) is 0.562. The van der Waals surface area contributed by atoms with Crippen LogP contribution < -0.4 is 0 Å². The maximum Gasteiger partial charge on any atom is 0.235 e. The number of furan rings is 1. The van der Waals surface area contributed by atoms with Crippen molar-refractivity contribution in [2.45, 2.75) is 24.3 Å². The number of piperazine rings is 1. The van der Waals surface area contributed by atoms with Gasteiger partial charge < -0.3 is 18.8 Å². The van der Waals surface area contributed by atoms with Crippen LogP contribution in [0, 0.1) is 0 Å². The first kappa shape index (κ1) is 17.0. The molecule has 1 atom stereocenters. The van der Waals surface area contributed by atoms with E-state index in [4.69, 9.17) is 4.42 Å². The van der Waals surface area contributed by atoms with Gasteiger partial charge in [0, 0.05) is 33.2 Å². The normalized spacial score (nSPS) is 17.2. The molecule has 3 rings (SSSR count). The fourth-order valence-electron chi connectivity index (χ4n) is 2.79. The number of carbonyl (C=O) groups excluding carboxylic acids is 1. The molecule has 0 aromatic carbocycles. The summed E-state index contributed by atoms with van der Waals surface area (Å²) in [6.45, 7) is 8.63. The van der Waals surface area contributed by atoms with E-state index < -0.39 is 0 Å². The Morgan fingerprint density at radius 2 is 2.08 bits per heavy atom. The highest BCUT2D eigenvalue weighted by atomic mass is 32.2. The monoisotopic (exact) mass is 349 g/mol. The highest BCUT2D eigenvalue weighted by Crippen LogP contribution is 2.26. The molecule has 0 spiro atoms. The lowest BCUT2D eigenvalue weighted by Crippen LogP contribution is -2.50. The smallest absolute Gasteiger partial charge is 0.235 e. The molecule has 0 aliphatic carbocycles. The lowest BCUT2D eigenvalue weighted by Gasteiger charge is -2.35. The van der Waals surface area contributed by atoms with Crippen molar-refractivity contribution >= 4 is 17.7 Å². The number of aromatic nitrogens is 3. The fourth-order valence-corrected chi connectivity index (χ4v) is 3.69. The summed E-state index contributed by atoms with van der Waals surface area (Å²) in [6.07, 6.45) is 1.61. The molecule has 8 heteroatoms. The largest absolute Gasteiger partial charge is 0.461 e. The average Bonchev–Trinajstić information content (AvgIpc) is 3.25. The van der Waals surface area contributed by atoms with E-state index in [1.807, 2.05) is 35.6 Å². The molecule has 1 unspecified atom stereocenters. The highest BCUT2D eigenvalue weighted by molar-refractivity contribution is 8.00. The van der Waals surface area contributed by atoms with Crippen molar-refractivity contribution in [1.82, 2.24) is 24.6 Å². The molecule has 1 amide bonds. The van der Waals surface area contributed by atoms with Crippen molar-refractivity contribution in [1.29, 1.82) is 0 Å². The maximum atomic E-state index is 12.7. The minimum absolute atomic E-state index is 0.165. The number of thioether (sulfide) groups is 1. The second-order valence-corrected chi connectivity index (χ2v) is 7.17. The van der Waals surface area contributed by atoms with Gasteiger partial charge in [-0.05, 0) is 25.6 Å². The number of nitrogens with zero attached hydrogens (tertiary/aromatic N) is 5. The Bertz CT molecular complexity index is 677. The standard InChI is InChI=1S/C16H23N5O2S/c1-4-20-7-9-21(10-8-20)15(22)12(2)24-16-18-17-14(19(16)3)13-6-5-11-23-13/h5-6,11-12H,4,7-10H2,1-3H3. The topological polar surface area (TPSA) is 67.4 Å². The summed E-state index contributed by atoms with van der Waals surface area (Å²) in [5.74, 6) is 1.50. The molecule has 2 aromatic rings. The maximum absolute atomic E-state index is 12.7. The van der Waals surface area contributed by atoms with E-state index in [1.165, 1.54) is 11.8 Å². The molecule has 1 saturated heterocycles. The number of carbonyl (C=O) groups is 1. The van der Waals surface area contributed by atoms with Crippen LogP contribution in [-0.4, -0.2) is 68.4 Å². The molecule has 0 radical (unpaired) electrons. The zero-order valence-corrected chi connectivity index (χ0v) is 15.1.